The minimum Gasteiger partial charge on any atom is -0.309 e. The zero-order chi connectivity index (χ0) is 35.3. The molecule has 0 fully saturated rings. The van der Waals surface area contributed by atoms with Gasteiger partial charge in [0.05, 0.1) is 33.5 Å². The molecule has 11 aromatic rings. The van der Waals surface area contributed by atoms with Crippen LogP contribution in [0.3, 0.4) is 0 Å². The van der Waals surface area contributed by atoms with Gasteiger partial charge in [-0.25, -0.2) is 0 Å². The Morgan fingerprint density at radius 1 is 0.333 bits per heavy atom. The molecule has 12 rings (SSSR count). The maximum absolute atomic E-state index is 4.86. The van der Waals surface area contributed by atoms with Crippen molar-refractivity contribution >= 4 is 54.4 Å². The average Bonchev–Trinajstić information content (AvgIpc) is 3.88. The number of nitrogens with zero attached hydrogens (tertiary/aromatic N) is 4. The van der Waals surface area contributed by atoms with Gasteiger partial charge in [-0.3, -0.25) is 9.97 Å². The molecule has 8 aromatic carbocycles. The van der Waals surface area contributed by atoms with Crippen LogP contribution in [-0.2, 0) is 0 Å². The van der Waals surface area contributed by atoms with Crippen molar-refractivity contribution < 1.29 is 0 Å². The summed E-state index contributed by atoms with van der Waals surface area (Å²) < 4.78 is 4.75. The normalized spacial score (nSPS) is 12.1. The number of para-hydroxylation sites is 4. The third kappa shape index (κ3) is 4.02. The van der Waals surface area contributed by atoms with Crippen LogP contribution in [0.4, 0.5) is 0 Å². The van der Waals surface area contributed by atoms with Gasteiger partial charge < -0.3 is 9.13 Å². The monoisotopic (exact) mass is 686 g/mol. The molecule has 1 aliphatic rings. The lowest BCUT2D eigenvalue weighted by atomic mass is 9.87. The van der Waals surface area contributed by atoms with Crippen molar-refractivity contribution in [2.75, 3.05) is 0 Å². The van der Waals surface area contributed by atoms with Crippen molar-refractivity contribution in [2.45, 2.75) is 0 Å². The first-order valence-corrected chi connectivity index (χ1v) is 18.4. The molecular weight excluding hydrogens is 657 g/mol. The second-order valence-corrected chi connectivity index (χ2v) is 14.2. The summed E-state index contributed by atoms with van der Waals surface area (Å²) in [5.41, 5.74) is 16.0. The van der Waals surface area contributed by atoms with Gasteiger partial charge in [0.15, 0.2) is 0 Å². The summed E-state index contributed by atoms with van der Waals surface area (Å²) in [5.74, 6) is 0. The maximum atomic E-state index is 4.86. The first kappa shape index (κ1) is 29.3. The van der Waals surface area contributed by atoms with Crippen molar-refractivity contribution in [1.82, 2.24) is 19.1 Å². The van der Waals surface area contributed by atoms with E-state index in [-0.39, 0.29) is 0 Å². The van der Waals surface area contributed by atoms with E-state index in [0.29, 0.717) is 0 Å². The minimum absolute atomic E-state index is 0.945. The lowest BCUT2D eigenvalue weighted by Gasteiger charge is -2.17. The Balaban J connectivity index is 1.07. The van der Waals surface area contributed by atoms with E-state index >= 15 is 0 Å². The fraction of sp³-hybridized carbons (Fsp3) is 0. The predicted molar refractivity (Wildman–Crippen MR) is 224 cm³/mol. The summed E-state index contributed by atoms with van der Waals surface area (Å²) >= 11 is 0. The highest BCUT2D eigenvalue weighted by Crippen LogP contribution is 2.51. The van der Waals surface area contributed by atoms with Crippen molar-refractivity contribution in [3.63, 3.8) is 0 Å². The smallest absolute Gasteiger partial charge is 0.0972 e. The number of rotatable bonds is 4. The van der Waals surface area contributed by atoms with E-state index in [9.17, 15) is 0 Å². The van der Waals surface area contributed by atoms with Gasteiger partial charge >= 0.3 is 0 Å². The minimum atomic E-state index is 0.945. The highest BCUT2D eigenvalue weighted by atomic mass is 15.0. The first-order valence-electron chi connectivity index (χ1n) is 18.4. The molecule has 0 spiro atoms. The van der Waals surface area contributed by atoms with E-state index in [0.717, 1.165) is 39.5 Å². The molecule has 54 heavy (non-hydrogen) atoms. The summed E-state index contributed by atoms with van der Waals surface area (Å²) in [7, 11) is 0. The lowest BCUT2D eigenvalue weighted by molar-refractivity contribution is 1.18. The van der Waals surface area contributed by atoms with Crippen molar-refractivity contribution in [1.29, 1.82) is 0 Å². The molecule has 0 amide bonds. The highest BCUT2D eigenvalue weighted by molar-refractivity contribution is 6.20. The molecule has 0 atom stereocenters. The van der Waals surface area contributed by atoms with Gasteiger partial charge in [-0.05, 0) is 82.2 Å². The Bertz CT molecular complexity index is 3200. The summed E-state index contributed by atoms with van der Waals surface area (Å²) in [5, 5.41) is 7.46. The Morgan fingerprint density at radius 3 is 1.26 bits per heavy atom. The molecule has 0 saturated carbocycles. The zero-order valence-corrected chi connectivity index (χ0v) is 29.1. The molecule has 0 unspecified atom stereocenters. The van der Waals surface area contributed by atoms with E-state index in [1.54, 1.807) is 12.4 Å². The van der Waals surface area contributed by atoms with Gasteiger partial charge in [0.25, 0.3) is 0 Å². The highest BCUT2D eigenvalue weighted by Gasteiger charge is 2.27. The van der Waals surface area contributed by atoms with Gasteiger partial charge in [-0.1, -0.05) is 115 Å². The van der Waals surface area contributed by atoms with Crippen LogP contribution in [0.2, 0.25) is 0 Å². The van der Waals surface area contributed by atoms with E-state index in [4.69, 9.17) is 9.97 Å². The SMILES string of the molecule is c1cc2c3c(cc(-c4ccc(-n5c6ccccc6c6ccccc65)cc4)c(-c4ccc(-n5c6ccccc6c6ccccc65)cc4)c3c1)-c1nccnc1-2. The molecule has 1 aliphatic carbocycles. The second kappa shape index (κ2) is 11.1. The third-order valence-electron chi connectivity index (χ3n) is 11.4. The quantitative estimate of drug-likeness (QED) is 0.185. The molecule has 250 valence electrons. The van der Waals surface area contributed by atoms with Crippen LogP contribution < -0.4 is 0 Å². The van der Waals surface area contributed by atoms with Crippen LogP contribution >= 0.6 is 0 Å². The Kier molecular flexibility index (Phi) is 6.02. The van der Waals surface area contributed by atoms with E-state index in [1.807, 2.05) is 0 Å². The van der Waals surface area contributed by atoms with Crippen LogP contribution in [0, 0.1) is 0 Å². The lowest BCUT2D eigenvalue weighted by Crippen LogP contribution is -1.96. The predicted octanol–water partition coefficient (Wildman–Crippen LogP) is 12.8. The van der Waals surface area contributed by atoms with Gasteiger partial charge in [-0.2, -0.15) is 0 Å². The van der Waals surface area contributed by atoms with Gasteiger partial charge in [-0.15, -0.1) is 0 Å². The van der Waals surface area contributed by atoms with Crippen molar-refractivity contribution in [3.8, 4) is 56.1 Å². The number of benzene rings is 8. The standard InChI is InChI=1S/C50H30N4/c1-5-16-43-35(10-1)36-11-2-6-17-44(36)53(43)33-24-20-31(21-25-33)41-30-42-48-39(14-9-15-40(48)49-50(42)52-29-28-51-49)47(41)32-22-26-34(27-23-32)54-45-18-7-3-12-37(45)38-13-4-8-19-46(38)54/h1-30H. The number of fused-ring (bicyclic) bond motifs is 9. The van der Waals surface area contributed by atoms with Crippen LogP contribution in [0.25, 0.3) is 111 Å². The molecule has 0 bridgehead atoms. The Labute approximate surface area is 310 Å². The molecule has 4 nitrogen and oxygen atoms in total. The van der Waals surface area contributed by atoms with E-state index in [2.05, 4.69) is 179 Å². The van der Waals surface area contributed by atoms with Crippen LogP contribution in [0.1, 0.15) is 0 Å². The van der Waals surface area contributed by atoms with Crippen molar-refractivity contribution in [3.05, 3.63) is 182 Å². The largest absolute Gasteiger partial charge is 0.309 e. The van der Waals surface area contributed by atoms with Gasteiger partial charge in [0.1, 0.15) is 0 Å². The maximum Gasteiger partial charge on any atom is 0.0972 e. The molecule has 0 aliphatic heterocycles. The summed E-state index contributed by atoms with van der Waals surface area (Å²) in [6.45, 7) is 0. The van der Waals surface area contributed by atoms with Crippen molar-refractivity contribution in [2.24, 2.45) is 0 Å². The van der Waals surface area contributed by atoms with Gasteiger partial charge in [0, 0.05) is 61.8 Å². The molecule has 3 heterocycles. The summed E-state index contributed by atoms with van der Waals surface area (Å²) in [6, 6.07) is 61.9. The summed E-state index contributed by atoms with van der Waals surface area (Å²) in [4.78, 5) is 9.68. The summed E-state index contributed by atoms with van der Waals surface area (Å²) in [6.07, 6.45) is 3.60. The fourth-order valence-corrected chi connectivity index (χ4v) is 9.11. The molecular formula is C50H30N4. The Hall–Kier alpha value is -7.30. The third-order valence-corrected chi connectivity index (χ3v) is 11.4. The number of aromatic nitrogens is 4. The van der Waals surface area contributed by atoms with Gasteiger partial charge in [0.2, 0.25) is 0 Å². The topological polar surface area (TPSA) is 35.6 Å². The van der Waals surface area contributed by atoms with E-state index in [1.165, 1.54) is 71.1 Å². The molecule has 0 radical (unpaired) electrons. The average molecular weight is 687 g/mol. The molecule has 3 aromatic heterocycles. The fourth-order valence-electron chi connectivity index (χ4n) is 9.11. The van der Waals surface area contributed by atoms with Crippen LogP contribution in [0.15, 0.2) is 182 Å². The van der Waals surface area contributed by atoms with Crippen LogP contribution in [-0.4, -0.2) is 19.1 Å². The molecule has 4 heteroatoms. The Morgan fingerprint density at radius 2 is 0.759 bits per heavy atom. The van der Waals surface area contributed by atoms with Crippen LogP contribution in [0.5, 0.6) is 0 Å². The second-order valence-electron chi connectivity index (χ2n) is 14.2. The first-order chi connectivity index (χ1) is 26.8. The molecule has 0 saturated heterocycles. The molecule has 0 N–H and O–H groups in total. The van der Waals surface area contributed by atoms with E-state index < -0.39 is 0 Å². The number of hydrogen-bond acceptors (Lipinski definition) is 2. The number of hydrogen-bond donors (Lipinski definition) is 0. The zero-order valence-electron chi connectivity index (χ0n) is 29.1.